The van der Waals surface area contributed by atoms with Crippen LogP contribution in [0.1, 0.15) is 133 Å². The zero-order valence-electron chi connectivity index (χ0n) is 44.0. The molecular weight excluding hydrogens is 958 g/mol. The molecule has 1 unspecified atom stereocenters. The summed E-state index contributed by atoms with van der Waals surface area (Å²) in [5.74, 6) is -3.95. The fourth-order valence-corrected chi connectivity index (χ4v) is 11.7. The van der Waals surface area contributed by atoms with Gasteiger partial charge < -0.3 is 58.0 Å². The van der Waals surface area contributed by atoms with Gasteiger partial charge in [0.05, 0.1) is 53.2 Å². The standard InChI is InChI=1S/C50H73N5O11.2CN.Co/c1-27(2)51-35(56)25-47(7)24-30-22-34-46(5,6)31(16-18-36(57)62-11)41(53-34)28(3)44-48(8,21-20-38(59)64-13)33(23-39(60)65-14)45(54-44)50(10)49(9,26-40(61)66-15)32(17-19-37(58)63-12)42(55-50)29(4)43(47)52-30;2*1-2;/h22,27,31-33,45H,16-21,23-26H2,1-15H3,(H2,51,52,53,54,55,56);;;/q;2*-1;+3/p-1/t31-,32-,33+,45?,47-,48-,49+,50+;;;/m1.../s1. The number of carbonyl (C=O) groups excluding carboxylic acids is 6. The monoisotopic (exact) mass is 1030 g/mol. The Bertz CT molecular complexity index is 2300. The summed E-state index contributed by atoms with van der Waals surface area (Å²) in [6.07, 6.45) is 3.20. The summed E-state index contributed by atoms with van der Waals surface area (Å²) in [6, 6.07) is -0.934. The zero-order valence-corrected chi connectivity index (χ0v) is 45.1. The number of rotatable bonds is 16. The Morgan fingerprint density at radius 1 is 0.732 bits per heavy atom. The summed E-state index contributed by atoms with van der Waals surface area (Å²) in [6.45, 7) is 29.3. The van der Waals surface area contributed by atoms with Crippen LogP contribution in [0, 0.1) is 63.1 Å². The molecule has 1 saturated heterocycles. The molecular formula is C52H72CoN7O11. The summed E-state index contributed by atoms with van der Waals surface area (Å²) in [5.41, 5.74) is 0.520. The summed E-state index contributed by atoms with van der Waals surface area (Å²) >= 11 is 0. The van der Waals surface area contributed by atoms with Gasteiger partial charge in [-0.1, -0.05) is 40.7 Å². The molecule has 0 spiro atoms. The maximum atomic E-state index is 13.9. The van der Waals surface area contributed by atoms with E-state index in [1.807, 2.05) is 61.5 Å². The van der Waals surface area contributed by atoms with Gasteiger partial charge in [0.15, 0.2) is 0 Å². The molecule has 5 heterocycles. The molecule has 0 saturated carbocycles. The van der Waals surface area contributed by atoms with Gasteiger partial charge in [-0.3, -0.25) is 43.7 Å². The zero-order chi connectivity index (χ0) is 53.3. The van der Waals surface area contributed by atoms with Gasteiger partial charge in [0.1, 0.15) is 0 Å². The van der Waals surface area contributed by atoms with Crippen LogP contribution >= 0.6 is 0 Å². The van der Waals surface area contributed by atoms with Crippen LogP contribution in [0.5, 0.6) is 0 Å². The van der Waals surface area contributed by atoms with Crippen LogP contribution in [0.3, 0.4) is 0 Å². The van der Waals surface area contributed by atoms with Crippen molar-refractivity contribution in [2.24, 2.45) is 54.4 Å². The number of methoxy groups -OCH3 is 5. The number of nitrogens with zero attached hydrogens (tertiary/aromatic N) is 6. The van der Waals surface area contributed by atoms with Crippen molar-refractivity contribution >= 4 is 52.9 Å². The minimum Gasteiger partial charge on any atom is -0.682 e. The average molecular weight is 1030 g/mol. The summed E-state index contributed by atoms with van der Waals surface area (Å²) in [5, 5.41) is 21.3. The van der Waals surface area contributed by atoms with E-state index in [-0.39, 0.29) is 92.0 Å². The van der Waals surface area contributed by atoms with E-state index in [0.29, 0.717) is 46.9 Å². The molecule has 1 amide bonds. The van der Waals surface area contributed by atoms with E-state index in [4.69, 9.17) is 67.6 Å². The largest absolute Gasteiger partial charge is 3.00 e. The number of ether oxygens (including phenoxy) is 5. The number of aliphatic imine (C=N–C) groups is 3. The van der Waals surface area contributed by atoms with Gasteiger partial charge in [0, 0.05) is 95.5 Å². The first-order chi connectivity index (χ1) is 32.8. The molecule has 0 aromatic carbocycles. The van der Waals surface area contributed by atoms with Crippen molar-refractivity contribution in [3.8, 4) is 0 Å². The predicted octanol–water partition coefficient (Wildman–Crippen LogP) is 7.68. The second kappa shape index (κ2) is 24.6. The molecule has 19 heteroatoms. The maximum Gasteiger partial charge on any atom is 3.00 e. The fourth-order valence-electron chi connectivity index (χ4n) is 11.7. The van der Waals surface area contributed by atoms with Gasteiger partial charge in [-0.05, 0) is 82.4 Å². The van der Waals surface area contributed by atoms with E-state index in [1.54, 1.807) is 0 Å². The van der Waals surface area contributed by atoms with Crippen LogP contribution in [0.15, 0.2) is 49.3 Å². The molecule has 390 valence electrons. The molecule has 18 nitrogen and oxygen atoms in total. The number of hydrogen-bond donors (Lipinski definition) is 1. The molecule has 5 aliphatic rings. The Morgan fingerprint density at radius 2 is 1.25 bits per heavy atom. The molecule has 5 aliphatic heterocycles. The van der Waals surface area contributed by atoms with Crippen molar-refractivity contribution < 1.29 is 69.2 Å². The molecule has 0 aliphatic carbocycles. The normalized spacial score (nSPS) is 31.5. The Balaban J connectivity index is 0.00000337. The van der Waals surface area contributed by atoms with Crippen molar-refractivity contribution in [1.29, 1.82) is 10.5 Å². The first-order valence-corrected chi connectivity index (χ1v) is 23.5. The topological polar surface area (TPSA) is 259 Å². The van der Waals surface area contributed by atoms with E-state index in [0.717, 1.165) is 11.3 Å². The van der Waals surface area contributed by atoms with Crippen LogP contribution in [0.2, 0.25) is 0 Å². The molecule has 0 radical (unpaired) electrons. The number of esters is 5. The van der Waals surface area contributed by atoms with E-state index >= 15 is 0 Å². The third-order valence-corrected chi connectivity index (χ3v) is 15.6. The van der Waals surface area contributed by atoms with Gasteiger partial charge in [-0.2, -0.15) is 5.70 Å². The summed E-state index contributed by atoms with van der Waals surface area (Å²) in [4.78, 5) is 96.9. The van der Waals surface area contributed by atoms with Gasteiger partial charge >= 0.3 is 46.6 Å². The third kappa shape index (κ3) is 12.2. The predicted molar refractivity (Wildman–Crippen MR) is 259 cm³/mol. The van der Waals surface area contributed by atoms with Crippen LogP contribution in [-0.2, 0) is 69.2 Å². The van der Waals surface area contributed by atoms with E-state index in [2.05, 4.69) is 19.2 Å². The minimum absolute atomic E-state index is 0. The Kier molecular flexibility index (Phi) is 21.3. The van der Waals surface area contributed by atoms with Crippen LogP contribution in [0.4, 0.5) is 0 Å². The molecule has 71 heavy (non-hydrogen) atoms. The van der Waals surface area contributed by atoms with Gasteiger partial charge in [0.25, 0.3) is 0 Å². The van der Waals surface area contributed by atoms with E-state index < -0.39 is 69.0 Å². The Labute approximate surface area is 430 Å². The van der Waals surface area contributed by atoms with Gasteiger partial charge in [-0.15, -0.1) is 0 Å². The number of hydrogen-bond acceptors (Lipinski definition) is 16. The smallest absolute Gasteiger partial charge is 0.682 e. The molecule has 8 atom stereocenters. The van der Waals surface area contributed by atoms with Crippen molar-refractivity contribution in [3.63, 3.8) is 0 Å². The quantitative estimate of drug-likeness (QED) is 0.0885. The van der Waals surface area contributed by atoms with Crippen molar-refractivity contribution in [1.82, 2.24) is 5.32 Å². The third-order valence-electron chi connectivity index (χ3n) is 15.6. The number of fused-ring (bicyclic) bond motifs is 6. The Morgan fingerprint density at radius 3 is 1.77 bits per heavy atom. The molecule has 1 fully saturated rings. The van der Waals surface area contributed by atoms with Gasteiger partial charge in [0.2, 0.25) is 5.91 Å². The number of nitrogens with one attached hydrogen (secondary N) is 1. The van der Waals surface area contributed by atoms with E-state index in [1.165, 1.54) is 35.5 Å². The first-order valence-electron chi connectivity index (χ1n) is 23.5. The average Bonchev–Trinajstić information content (AvgIpc) is 3.96. The van der Waals surface area contributed by atoms with Crippen LogP contribution < -0.4 is 5.32 Å². The summed E-state index contributed by atoms with van der Waals surface area (Å²) in [7, 11) is 6.68. The van der Waals surface area contributed by atoms with Crippen molar-refractivity contribution in [2.75, 3.05) is 35.5 Å². The number of carbonyl (C=O) groups is 6. The molecule has 8 bridgehead atoms. The summed E-state index contributed by atoms with van der Waals surface area (Å²) < 4.78 is 26.2. The van der Waals surface area contributed by atoms with Crippen molar-refractivity contribution in [2.45, 2.75) is 151 Å². The second-order valence-corrected chi connectivity index (χ2v) is 20.5. The second-order valence-electron chi connectivity index (χ2n) is 20.5. The maximum absolute atomic E-state index is 13.9. The molecule has 0 aromatic heterocycles. The Hall–Kier alpha value is -5.66. The van der Waals surface area contributed by atoms with Crippen LogP contribution in [0.25, 0.3) is 5.32 Å². The molecule has 1 N–H and O–H groups in total. The van der Waals surface area contributed by atoms with E-state index in [9.17, 15) is 28.8 Å². The fraction of sp³-hybridized carbons (Fsp3) is 0.673. The van der Waals surface area contributed by atoms with Crippen molar-refractivity contribution in [3.05, 3.63) is 52.8 Å². The molecule has 0 aromatic rings. The number of allylic oxidation sites excluding steroid dienone is 6. The minimum atomic E-state index is -1.30. The first kappa shape index (κ1) is 61.5. The molecule has 5 rings (SSSR count). The van der Waals surface area contributed by atoms with Gasteiger partial charge in [-0.25, -0.2) is 0 Å². The SMILES string of the molecule is COC(=O)CC[C@@H]1C2=NC(=C\C3=NC(=C(/C)C4=N[C@@](C)(C5[N-]/C(=C\2C)[C@](C)(CCC(=O)OC)[C@H]5CC(=O)OC)[C@@](C)(CC(=O)OC)[C@@H]4CCC(=O)OC)/[C@@](C)(CC(=O)NC(C)C)C3)/C1(C)C.[C-]#N.[C-]#N.[Co+3]. The number of amides is 1. The van der Waals surface area contributed by atoms with Crippen LogP contribution in [-0.4, -0.2) is 106 Å².